The van der Waals surface area contributed by atoms with Gasteiger partial charge in [-0.05, 0) is 24.3 Å². The quantitative estimate of drug-likeness (QED) is 0.899. The molecule has 0 bridgehead atoms. The van der Waals surface area contributed by atoms with E-state index in [9.17, 15) is 9.59 Å². The molecule has 2 aromatic carbocycles. The van der Waals surface area contributed by atoms with Gasteiger partial charge in [0, 0.05) is 57.1 Å². The molecule has 1 heterocycles. The molecular formula is C21H27N3O2. The summed E-state index contributed by atoms with van der Waals surface area (Å²) < 4.78 is 0. The Morgan fingerprint density at radius 1 is 1.12 bits per heavy atom. The average molecular weight is 353 g/mol. The zero-order valence-corrected chi connectivity index (χ0v) is 15.6. The summed E-state index contributed by atoms with van der Waals surface area (Å²) in [5, 5.41) is 5.24. The topological polar surface area (TPSA) is 52.7 Å². The van der Waals surface area contributed by atoms with Gasteiger partial charge in [-0.25, -0.2) is 0 Å². The minimum Gasteiger partial charge on any atom is -0.343 e. The first-order valence-corrected chi connectivity index (χ1v) is 9.28. The Morgan fingerprint density at radius 3 is 2.54 bits per heavy atom. The third kappa shape index (κ3) is 4.41. The third-order valence-electron chi connectivity index (χ3n) is 5.32. The molecule has 0 saturated carbocycles. The van der Waals surface area contributed by atoms with Crippen molar-refractivity contribution in [2.24, 2.45) is 0 Å². The molecule has 138 valence electrons. The van der Waals surface area contributed by atoms with Crippen molar-refractivity contribution in [3.8, 4) is 0 Å². The standard InChI is InChI=1S/C21H27N3O2/c1-16(25)23(2)18-10-13-24(14-11-18)15-12-21(26)22-20-9-5-7-17-6-3-4-8-19(17)20/h3-9,18H,10-15H2,1-2H3,(H,22,26). The van der Waals surface area contributed by atoms with Crippen molar-refractivity contribution in [3.63, 3.8) is 0 Å². The molecule has 26 heavy (non-hydrogen) atoms. The molecule has 2 aromatic rings. The summed E-state index contributed by atoms with van der Waals surface area (Å²) in [5.41, 5.74) is 0.870. The highest BCUT2D eigenvalue weighted by atomic mass is 16.2. The number of fused-ring (bicyclic) bond motifs is 1. The van der Waals surface area contributed by atoms with Crippen molar-refractivity contribution >= 4 is 28.3 Å². The number of carbonyl (C=O) groups excluding carboxylic acids is 2. The number of rotatable bonds is 5. The highest BCUT2D eigenvalue weighted by Crippen LogP contribution is 2.23. The van der Waals surface area contributed by atoms with Crippen LogP contribution in [0.3, 0.4) is 0 Å². The van der Waals surface area contributed by atoms with E-state index in [0.717, 1.165) is 48.9 Å². The molecule has 0 atom stereocenters. The molecule has 0 radical (unpaired) electrons. The molecule has 2 amide bonds. The van der Waals surface area contributed by atoms with Crippen molar-refractivity contribution in [2.45, 2.75) is 32.2 Å². The van der Waals surface area contributed by atoms with Crippen molar-refractivity contribution in [1.29, 1.82) is 0 Å². The summed E-state index contributed by atoms with van der Waals surface area (Å²) in [6.45, 7) is 4.24. The summed E-state index contributed by atoms with van der Waals surface area (Å²) >= 11 is 0. The molecule has 5 nitrogen and oxygen atoms in total. The Bertz CT molecular complexity index is 776. The van der Waals surface area contributed by atoms with Crippen LogP contribution in [0.5, 0.6) is 0 Å². The fourth-order valence-electron chi connectivity index (χ4n) is 3.59. The summed E-state index contributed by atoms with van der Waals surface area (Å²) in [6.07, 6.45) is 2.43. The molecule has 1 fully saturated rings. The second-order valence-corrected chi connectivity index (χ2v) is 7.03. The number of nitrogens with zero attached hydrogens (tertiary/aromatic N) is 2. The smallest absolute Gasteiger partial charge is 0.225 e. The zero-order chi connectivity index (χ0) is 18.5. The number of carbonyl (C=O) groups is 2. The molecule has 0 aliphatic carbocycles. The number of nitrogens with one attached hydrogen (secondary N) is 1. The summed E-state index contributed by atoms with van der Waals surface area (Å²) in [7, 11) is 1.88. The molecule has 0 aromatic heterocycles. The van der Waals surface area contributed by atoms with Gasteiger partial charge in [0.25, 0.3) is 0 Å². The van der Waals surface area contributed by atoms with Crippen molar-refractivity contribution in [1.82, 2.24) is 9.80 Å². The van der Waals surface area contributed by atoms with Crippen molar-refractivity contribution in [2.75, 3.05) is 32.0 Å². The SMILES string of the molecule is CC(=O)N(C)C1CCN(CCC(=O)Nc2cccc3ccccc23)CC1. The van der Waals surface area contributed by atoms with E-state index in [1.807, 2.05) is 54.4 Å². The fourth-order valence-corrected chi connectivity index (χ4v) is 3.59. The maximum absolute atomic E-state index is 12.4. The van der Waals surface area contributed by atoms with Gasteiger partial charge in [0.1, 0.15) is 0 Å². The van der Waals surface area contributed by atoms with Gasteiger partial charge in [-0.2, -0.15) is 0 Å². The molecule has 1 aliphatic rings. The second-order valence-electron chi connectivity index (χ2n) is 7.03. The minimum atomic E-state index is 0.0457. The number of piperidine rings is 1. The van der Waals surface area contributed by atoms with Gasteiger partial charge >= 0.3 is 0 Å². The molecular weight excluding hydrogens is 326 g/mol. The van der Waals surface area contributed by atoms with Gasteiger partial charge in [-0.15, -0.1) is 0 Å². The molecule has 0 unspecified atom stereocenters. The van der Waals surface area contributed by atoms with Gasteiger partial charge in [-0.1, -0.05) is 36.4 Å². The lowest BCUT2D eigenvalue weighted by Crippen LogP contribution is -2.45. The van der Waals surface area contributed by atoms with Gasteiger partial charge in [0.15, 0.2) is 0 Å². The molecule has 1 aliphatic heterocycles. The van der Waals surface area contributed by atoms with Crippen LogP contribution in [-0.2, 0) is 9.59 Å². The van der Waals surface area contributed by atoms with Crippen LogP contribution in [0, 0.1) is 0 Å². The number of hydrogen-bond acceptors (Lipinski definition) is 3. The second kappa shape index (κ2) is 8.32. The Labute approximate surface area is 155 Å². The number of likely N-dealkylation sites (tertiary alicyclic amines) is 1. The van der Waals surface area contributed by atoms with Crippen LogP contribution in [0.1, 0.15) is 26.2 Å². The summed E-state index contributed by atoms with van der Waals surface area (Å²) in [6, 6.07) is 14.4. The minimum absolute atomic E-state index is 0.0457. The zero-order valence-electron chi connectivity index (χ0n) is 15.6. The molecule has 1 N–H and O–H groups in total. The predicted molar refractivity (Wildman–Crippen MR) is 105 cm³/mol. The number of benzene rings is 2. The van der Waals surface area contributed by atoms with Crippen molar-refractivity contribution in [3.05, 3.63) is 42.5 Å². The predicted octanol–water partition coefficient (Wildman–Crippen LogP) is 3.11. The van der Waals surface area contributed by atoms with Crippen LogP contribution in [0.25, 0.3) is 10.8 Å². The number of anilines is 1. The van der Waals surface area contributed by atoms with Crippen molar-refractivity contribution < 1.29 is 9.59 Å². The lowest BCUT2D eigenvalue weighted by molar-refractivity contribution is -0.130. The lowest BCUT2D eigenvalue weighted by Gasteiger charge is -2.36. The van der Waals surface area contributed by atoms with Crippen LogP contribution in [0.2, 0.25) is 0 Å². The Morgan fingerprint density at radius 2 is 1.81 bits per heavy atom. The maximum atomic E-state index is 12.4. The molecule has 1 saturated heterocycles. The third-order valence-corrected chi connectivity index (χ3v) is 5.32. The fraction of sp³-hybridized carbons (Fsp3) is 0.429. The summed E-state index contributed by atoms with van der Waals surface area (Å²) in [5.74, 6) is 0.169. The van der Waals surface area contributed by atoms with Crippen LogP contribution >= 0.6 is 0 Å². The number of hydrogen-bond donors (Lipinski definition) is 1. The average Bonchev–Trinajstić information content (AvgIpc) is 2.66. The maximum Gasteiger partial charge on any atom is 0.225 e. The first-order chi connectivity index (χ1) is 12.5. The first-order valence-electron chi connectivity index (χ1n) is 9.28. The highest BCUT2D eigenvalue weighted by Gasteiger charge is 2.23. The monoisotopic (exact) mass is 353 g/mol. The van der Waals surface area contributed by atoms with E-state index in [1.165, 1.54) is 0 Å². The number of amides is 2. The van der Waals surface area contributed by atoms with E-state index in [1.54, 1.807) is 6.92 Å². The highest BCUT2D eigenvalue weighted by molar-refractivity contribution is 6.02. The Hall–Kier alpha value is -2.40. The van der Waals surface area contributed by atoms with Gasteiger partial charge in [0.05, 0.1) is 0 Å². The lowest BCUT2D eigenvalue weighted by atomic mass is 10.0. The van der Waals surface area contributed by atoms with Gasteiger partial charge in [-0.3, -0.25) is 9.59 Å². The normalized spacial score (nSPS) is 15.8. The van der Waals surface area contributed by atoms with Crippen LogP contribution in [0.4, 0.5) is 5.69 Å². The van der Waals surface area contributed by atoms with Gasteiger partial charge < -0.3 is 15.1 Å². The van der Waals surface area contributed by atoms with E-state index in [-0.39, 0.29) is 11.8 Å². The van der Waals surface area contributed by atoms with E-state index in [4.69, 9.17) is 0 Å². The Balaban J connectivity index is 1.48. The molecule has 5 heteroatoms. The Kier molecular flexibility index (Phi) is 5.89. The molecule has 0 spiro atoms. The summed E-state index contributed by atoms with van der Waals surface area (Å²) in [4.78, 5) is 28.0. The van der Waals surface area contributed by atoms with E-state index < -0.39 is 0 Å². The van der Waals surface area contributed by atoms with Crippen LogP contribution in [0.15, 0.2) is 42.5 Å². The largest absolute Gasteiger partial charge is 0.343 e. The van der Waals surface area contributed by atoms with Crippen LogP contribution < -0.4 is 5.32 Å². The van der Waals surface area contributed by atoms with Gasteiger partial charge in [0.2, 0.25) is 11.8 Å². The van der Waals surface area contributed by atoms with E-state index in [2.05, 4.69) is 10.2 Å². The van der Waals surface area contributed by atoms with E-state index >= 15 is 0 Å². The van der Waals surface area contributed by atoms with E-state index in [0.29, 0.717) is 12.5 Å². The van der Waals surface area contributed by atoms with Crippen LogP contribution in [-0.4, -0.2) is 54.3 Å². The molecule has 3 rings (SSSR count). The first kappa shape index (κ1) is 18.4.